The Hall–Kier alpha value is -2.49. The van der Waals surface area contributed by atoms with Gasteiger partial charge < -0.3 is 15.4 Å². The molecule has 0 saturated carbocycles. The minimum Gasteiger partial charge on any atom is -0.455 e. The van der Waals surface area contributed by atoms with Crippen LogP contribution in [0.25, 0.3) is 0 Å². The van der Waals surface area contributed by atoms with E-state index in [0.29, 0.717) is 0 Å². The van der Waals surface area contributed by atoms with Crippen molar-refractivity contribution in [1.29, 1.82) is 0 Å². The normalized spacial score (nSPS) is 13.6. The van der Waals surface area contributed by atoms with Crippen molar-refractivity contribution < 1.29 is 4.74 Å². The molecule has 4 nitrogen and oxygen atoms in total. The maximum absolute atomic E-state index is 6.01. The Morgan fingerprint density at radius 1 is 1.05 bits per heavy atom. The first-order chi connectivity index (χ1) is 9.83. The van der Waals surface area contributed by atoms with E-state index in [9.17, 15) is 0 Å². The standard InChI is InChI=1S/C16H17N3O/c1-12-6-2-4-8-14(12)20-15-9-5-3-7-13(15)19-16-17-10-11-18-16/h2-9H,10-11H2,1H3,(H2,17,18,19). The Labute approximate surface area is 118 Å². The van der Waals surface area contributed by atoms with Gasteiger partial charge in [-0.25, -0.2) is 0 Å². The minimum absolute atomic E-state index is 0.790. The highest BCUT2D eigenvalue weighted by atomic mass is 16.5. The van der Waals surface area contributed by atoms with Gasteiger partial charge in [-0.3, -0.25) is 4.99 Å². The lowest BCUT2D eigenvalue weighted by Crippen LogP contribution is -2.26. The number of ether oxygens (including phenoxy) is 1. The van der Waals surface area contributed by atoms with Crippen molar-refractivity contribution in [2.75, 3.05) is 18.4 Å². The molecule has 0 fully saturated rings. The molecule has 0 saturated heterocycles. The summed E-state index contributed by atoms with van der Waals surface area (Å²) in [6, 6.07) is 15.8. The first-order valence-corrected chi connectivity index (χ1v) is 6.71. The van der Waals surface area contributed by atoms with E-state index in [1.807, 2.05) is 55.5 Å². The van der Waals surface area contributed by atoms with Gasteiger partial charge in [-0.15, -0.1) is 0 Å². The van der Waals surface area contributed by atoms with Crippen LogP contribution in [0.2, 0.25) is 0 Å². The lowest BCUT2D eigenvalue weighted by atomic mass is 10.2. The average Bonchev–Trinajstić information content (AvgIpc) is 2.96. The van der Waals surface area contributed by atoms with Crippen LogP contribution < -0.4 is 15.4 Å². The average molecular weight is 267 g/mol. The van der Waals surface area contributed by atoms with Gasteiger partial charge in [0, 0.05) is 6.54 Å². The van der Waals surface area contributed by atoms with E-state index in [4.69, 9.17) is 4.74 Å². The first-order valence-electron chi connectivity index (χ1n) is 6.71. The fourth-order valence-electron chi connectivity index (χ4n) is 2.06. The number of hydrogen-bond acceptors (Lipinski definition) is 4. The number of guanidine groups is 1. The summed E-state index contributed by atoms with van der Waals surface area (Å²) in [6.45, 7) is 3.72. The molecule has 20 heavy (non-hydrogen) atoms. The Morgan fingerprint density at radius 2 is 1.80 bits per heavy atom. The molecule has 0 aromatic heterocycles. The number of benzene rings is 2. The van der Waals surface area contributed by atoms with Crippen molar-refractivity contribution in [2.24, 2.45) is 4.99 Å². The van der Waals surface area contributed by atoms with Crippen molar-refractivity contribution in [1.82, 2.24) is 5.32 Å². The van der Waals surface area contributed by atoms with E-state index < -0.39 is 0 Å². The van der Waals surface area contributed by atoms with E-state index in [0.717, 1.165) is 41.8 Å². The highest BCUT2D eigenvalue weighted by Crippen LogP contribution is 2.30. The number of nitrogens with zero attached hydrogens (tertiary/aromatic N) is 1. The zero-order chi connectivity index (χ0) is 13.8. The molecule has 1 aliphatic rings. The quantitative estimate of drug-likeness (QED) is 0.898. The summed E-state index contributed by atoms with van der Waals surface area (Å²) < 4.78 is 6.01. The van der Waals surface area contributed by atoms with Crippen molar-refractivity contribution in [3.05, 3.63) is 54.1 Å². The molecule has 1 aliphatic heterocycles. The number of aryl methyl sites for hydroxylation is 1. The summed E-state index contributed by atoms with van der Waals surface area (Å²) in [5, 5.41) is 6.45. The van der Waals surface area contributed by atoms with Gasteiger partial charge in [-0.05, 0) is 30.7 Å². The molecule has 0 bridgehead atoms. The van der Waals surface area contributed by atoms with E-state index in [-0.39, 0.29) is 0 Å². The molecule has 2 aromatic carbocycles. The second-order valence-corrected chi connectivity index (χ2v) is 4.65. The molecule has 0 radical (unpaired) electrons. The van der Waals surface area contributed by atoms with Gasteiger partial charge in [0.05, 0.1) is 12.2 Å². The van der Waals surface area contributed by atoms with Gasteiger partial charge in [0.25, 0.3) is 0 Å². The molecule has 2 N–H and O–H groups in total. The molecule has 0 unspecified atom stereocenters. The third-order valence-electron chi connectivity index (χ3n) is 3.13. The van der Waals surface area contributed by atoms with E-state index in [2.05, 4.69) is 15.6 Å². The molecular weight excluding hydrogens is 250 g/mol. The van der Waals surface area contributed by atoms with Crippen molar-refractivity contribution in [3.63, 3.8) is 0 Å². The Morgan fingerprint density at radius 3 is 2.55 bits per heavy atom. The molecule has 4 heteroatoms. The summed E-state index contributed by atoms with van der Waals surface area (Å²) in [6.07, 6.45) is 0. The van der Waals surface area contributed by atoms with Gasteiger partial charge in [-0.2, -0.15) is 0 Å². The summed E-state index contributed by atoms with van der Waals surface area (Å²) in [4.78, 5) is 4.34. The molecule has 0 amide bonds. The van der Waals surface area contributed by atoms with Crippen molar-refractivity contribution >= 4 is 11.6 Å². The molecule has 3 rings (SSSR count). The molecule has 1 heterocycles. The third-order valence-corrected chi connectivity index (χ3v) is 3.13. The number of aliphatic imine (C=N–C) groups is 1. The van der Waals surface area contributed by atoms with E-state index >= 15 is 0 Å². The number of rotatable bonds is 3. The second kappa shape index (κ2) is 5.65. The van der Waals surface area contributed by atoms with Crippen molar-refractivity contribution in [2.45, 2.75) is 6.92 Å². The molecular formula is C16H17N3O. The van der Waals surface area contributed by atoms with Crippen LogP contribution in [0.5, 0.6) is 11.5 Å². The largest absolute Gasteiger partial charge is 0.455 e. The van der Waals surface area contributed by atoms with Crippen LogP contribution in [-0.2, 0) is 0 Å². The molecule has 0 aliphatic carbocycles. The smallest absolute Gasteiger partial charge is 0.196 e. The molecule has 2 aromatic rings. The SMILES string of the molecule is Cc1ccccc1Oc1ccccc1NC1=NCCN1. The van der Waals surface area contributed by atoms with Crippen LogP contribution in [0.4, 0.5) is 5.69 Å². The second-order valence-electron chi connectivity index (χ2n) is 4.65. The number of anilines is 1. The molecule has 0 spiro atoms. The maximum Gasteiger partial charge on any atom is 0.196 e. The predicted octanol–water partition coefficient (Wildman–Crippen LogP) is 3.16. The Bertz CT molecular complexity index is 637. The number of hydrogen-bond donors (Lipinski definition) is 2. The zero-order valence-electron chi connectivity index (χ0n) is 11.4. The Kier molecular flexibility index (Phi) is 3.54. The predicted molar refractivity (Wildman–Crippen MR) is 81.6 cm³/mol. The summed E-state index contributed by atoms with van der Waals surface area (Å²) in [5.41, 5.74) is 2.02. The van der Waals surface area contributed by atoms with Gasteiger partial charge in [-0.1, -0.05) is 30.3 Å². The van der Waals surface area contributed by atoms with Crippen LogP contribution >= 0.6 is 0 Å². The fourth-order valence-corrected chi connectivity index (χ4v) is 2.06. The van der Waals surface area contributed by atoms with Gasteiger partial charge >= 0.3 is 0 Å². The van der Waals surface area contributed by atoms with E-state index in [1.165, 1.54) is 0 Å². The number of nitrogens with one attached hydrogen (secondary N) is 2. The lowest BCUT2D eigenvalue weighted by Gasteiger charge is -2.14. The topological polar surface area (TPSA) is 45.6 Å². The fraction of sp³-hybridized carbons (Fsp3) is 0.188. The van der Waals surface area contributed by atoms with Crippen LogP contribution in [-0.4, -0.2) is 19.0 Å². The van der Waals surface area contributed by atoms with Gasteiger partial charge in [0.2, 0.25) is 0 Å². The minimum atomic E-state index is 0.790. The zero-order valence-corrected chi connectivity index (χ0v) is 11.4. The van der Waals surface area contributed by atoms with Crippen molar-refractivity contribution in [3.8, 4) is 11.5 Å². The highest BCUT2D eigenvalue weighted by molar-refractivity contribution is 5.95. The number of para-hydroxylation sites is 3. The van der Waals surface area contributed by atoms with Crippen LogP contribution in [0.1, 0.15) is 5.56 Å². The summed E-state index contributed by atoms with van der Waals surface area (Å²) >= 11 is 0. The van der Waals surface area contributed by atoms with Gasteiger partial charge in [0.15, 0.2) is 11.7 Å². The maximum atomic E-state index is 6.01. The first kappa shape index (κ1) is 12.5. The van der Waals surface area contributed by atoms with Crippen LogP contribution in [0.15, 0.2) is 53.5 Å². The van der Waals surface area contributed by atoms with E-state index in [1.54, 1.807) is 0 Å². The molecule has 102 valence electrons. The summed E-state index contributed by atoms with van der Waals surface area (Å²) in [7, 11) is 0. The van der Waals surface area contributed by atoms with Crippen LogP contribution in [0.3, 0.4) is 0 Å². The Balaban J connectivity index is 1.84. The third kappa shape index (κ3) is 2.74. The molecule has 0 atom stereocenters. The lowest BCUT2D eigenvalue weighted by molar-refractivity contribution is 0.481. The van der Waals surface area contributed by atoms with Gasteiger partial charge in [0.1, 0.15) is 5.75 Å². The summed E-state index contributed by atoms with van der Waals surface area (Å²) in [5.74, 6) is 2.45. The monoisotopic (exact) mass is 267 g/mol. The highest BCUT2D eigenvalue weighted by Gasteiger charge is 2.10. The van der Waals surface area contributed by atoms with Crippen LogP contribution in [0, 0.1) is 6.92 Å².